The van der Waals surface area contributed by atoms with Crippen LogP contribution in [0.15, 0.2) is 36.5 Å². The van der Waals surface area contributed by atoms with E-state index in [2.05, 4.69) is 42.5 Å². The van der Waals surface area contributed by atoms with Crippen LogP contribution in [0.2, 0.25) is 0 Å². The summed E-state index contributed by atoms with van der Waals surface area (Å²) in [5.74, 6) is -0.0705. The fourth-order valence-electron chi connectivity index (χ4n) is 2.38. The van der Waals surface area contributed by atoms with E-state index in [9.17, 15) is 4.79 Å². The topological polar surface area (TPSA) is 81.1 Å². The van der Waals surface area contributed by atoms with Crippen LogP contribution in [0.5, 0.6) is 0 Å². The standard InChI is InChI=1S/C17H23N3O2/c1-17(2,3)16-19-13(9-14(18)15(21)22)11-20(16)10-12-7-5-4-6-8-12/h4-8,11,14H,9-10,18H2,1-3H3,(H,21,22). The smallest absolute Gasteiger partial charge is 0.320 e. The summed E-state index contributed by atoms with van der Waals surface area (Å²) >= 11 is 0. The molecule has 5 nitrogen and oxygen atoms in total. The molecule has 118 valence electrons. The van der Waals surface area contributed by atoms with Crippen molar-refractivity contribution >= 4 is 5.97 Å². The number of carboxylic acid groups (broad SMARTS) is 1. The van der Waals surface area contributed by atoms with Crippen LogP contribution in [0.25, 0.3) is 0 Å². The van der Waals surface area contributed by atoms with E-state index in [1.54, 1.807) is 0 Å². The first-order valence-electron chi connectivity index (χ1n) is 7.36. The quantitative estimate of drug-likeness (QED) is 0.887. The van der Waals surface area contributed by atoms with Crippen LogP contribution in [0.1, 0.15) is 37.9 Å². The molecule has 0 amide bonds. The molecule has 1 aromatic carbocycles. The molecular formula is C17H23N3O2. The molecule has 5 heteroatoms. The van der Waals surface area contributed by atoms with E-state index in [-0.39, 0.29) is 11.8 Å². The first kappa shape index (κ1) is 16.2. The molecular weight excluding hydrogens is 278 g/mol. The third-order valence-corrected chi connectivity index (χ3v) is 3.44. The van der Waals surface area contributed by atoms with E-state index < -0.39 is 12.0 Å². The molecule has 0 saturated heterocycles. The fourth-order valence-corrected chi connectivity index (χ4v) is 2.38. The highest BCUT2D eigenvalue weighted by Gasteiger charge is 2.23. The van der Waals surface area contributed by atoms with Crippen molar-refractivity contribution in [1.82, 2.24) is 9.55 Å². The summed E-state index contributed by atoms with van der Waals surface area (Å²) in [6.07, 6.45) is 2.15. The van der Waals surface area contributed by atoms with Crippen LogP contribution in [0, 0.1) is 0 Å². The van der Waals surface area contributed by atoms with Gasteiger partial charge in [-0.1, -0.05) is 51.1 Å². The molecule has 0 bridgehead atoms. The molecule has 0 saturated carbocycles. The van der Waals surface area contributed by atoms with Gasteiger partial charge in [-0.3, -0.25) is 4.79 Å². The molecule has 1 unspecified atom stereocenters. The minimum Gasteiger partial charge on any atom is -0.480 e. The Labute approximate surface area is 130 Å². The lowest BCUT2D eigenvalue weighted by atomic mass is 9.95. The minimum atomic E-state index is -1.00. The number of nitrogens with two attached hydrogens (primary N) is 1. The molecule has 1 atom stereocenters. The molecule has 1 aromatic heterocycles. The Balaban J connectivity index is 2.31. The minimum absolute atomic E-state index is 0.125. The van der Waals surface area contributed by atoms with E-state index in [0.717, 1.165) is 11.5 Å². The maximum absolute atomic E-state index is 10.9. The van der Waals surface area contributed by atoms with E-state index in [4.69, 9.17) is 10.8 Å². The zero-order valence-corrected chi connectivity index (χ0v) is 13.3. The predicted octanol–water partition coefficient (Wildman–Crippen LogP) is 2.18. The van der Waals surface area contributed by atoms with Crippen molar-refractivity contribution < 1.29 is 9.90 Å². The second-order valence-corrected chi connectivity index (χ2v) is 6.57. The van der Waals surface area contributed by atoms with Gasteiger partial charge in [0.25, 0.3) is 0 Å². The number of nitrogens with zero attached hydrogens (tertiary/aromatic N) is 2. The molecule has 3 N–H and O–H groups in total. The highest BCUT2D eigenvalue weighted by Crippen LogP contribution is 2.23. The lowest BCUT2D eigenvalue weighted by Crippen LogP contribution is -2.32. The maximum Gasteiger partial charge on any atom is 0.320 e. The van der Waals surface area contributed by atoms with Gasteiger partial charge < -0.3 is 15.4 Å². The number of aliphatic carboxylic acids is 1. The molecule has 0 aliphatic heterocycles. The van der Waals surface area contributed by atoms with Crippen LogP contribution in [-0.4, -0.2) is 26.7 Å². The van der Waals surface area contributed by atoms with E-state index in [1.807, 2.05) is 24.4 Å². The third-order valence-electron chi connectivity index (χ3n) is 3.44. The van der Waals surface area contributed by atoms with Gasteiger partial charge in [-0.15, -0.1) is 0 Å². The van der Waals surface area contributed by atoms with Crippen molar-refractivity contribution in [1.29, 1.82) is 0 Å². The summed E-state index contributed by atoms with van der Waals surface area (Å²) in [4.78, 5) is 15.5. The summed E-state index contributed by atoms with van der Waals surface area (Å²) in [5.41, 5.74) is 7.39. The Hall–Kier alpha value is -2.14. The van der Waals surface area contributed by atoms with Gasteiger partial charge in [0.2, 0.25) is 0 Å². The van der Waals surface area contributed by atoms with E-state index in [1.165, 1.54) is 5.56 Å². The van der Waals surface area contributed by atoms with Crippen molar-refractivity contribution in [2.24, 2.45) is 5.73 Å². The number of rotatable bonds is 5. The summed E-state index contributed by atoms with van der Waals surface area (Å²) < 4.78 is 2.08. The number of benzene rings is 1. The predicted molar refractivity (Wildman–Crippen MR) is 85.8 cm³/mol. The van der Waals surface area contributed by atoms with Gasteiger partial charge in [0.15, 0.2) is 0 Å². The summed E-state index contributed by atoms with van der Waals surface area (Å²) in [5, 5.41) is 8.95. The SMILES string of the molecule is CC(C)(C)c1nc(CC(N)C(=O)O)cn1Cc1ccccc1. The van der Waals surface area contributed by atoms with Crippen LogP contribution in [0.3, 0.4) is 0 Å². The Kier molecular flexibility index (Phi) is 4.66. The third kappa shape index (κ3) is 3.95. The van der Waals surface area contributed by atoms with Gasteiger partial charge in [-0.2, -0.15) is 0 Å². The van der Waals surface area contributed by atoms with Crippen molar-refractivity contribution in [2.45, 2.75) is 45.2 Å². The monoisotopic (exact) mass is 301 g/mol. The van der Waals surface area contributed by atoms with Gasteiger partial charge in [0.05, 0.1) is 5.69 Å². The highest BCUT2D eigenvalue weighted by molar-refractivity contribution is 5.73. The van der Waals surface area contributed by atoms with Crippen molar-refractivity contribution in [3.05, 3.63) is 53.6 Å². The van der Waals surface area contributed by atoms with Crippen LogP contribution < -0.4 is 5.73 Å². The molecule has 0 spiro atoms. The van der Waals surface area contributed by atoms with Crippen LogP contribution in [0.4, 0.5) is 0 Å². The van der Waals surface area contributed by atoms with Gasteiger partial charge in [-0.05, 0) is 5.56 Å². The van der Waals surface area contributed by atoms with Crippen molar-refractivity contribution in [3.63, 3.8) is 0 Å². The number of carboxylic acids is 1. The number of imidazole rings is 1. The average molecular weight is 301 g/mol. The van der Waals surface area contributed by atoms with Crippen LogP contribution in [-0.2, 0) is 23.2 Å². The highest BCUT2D eigenvalue weighted by atomic mass is 16.4. The maximum atomic E-state index is 10.9. The number of aromatic nitrogens is 2. The van der Waals surface area contributed by atoms with Gasteiger partial charge in [0.1, 0.15) is 11.9 Å². The first-order valence-corrected chi connectivity index (χ1v) is 7.36. The van der Waals surface area contributed by atoms with E-state index >= 15 is 0 Å². The second-order valence-electron chi connectivity index (χ2n) is 6.57. The number of hydrogen-bond donors (Lipinski definition) is 2. The summed E-state index contributed by atoms with van der Waals surface area (Å²) in [7, 11) is 0. The Morgan fingerprint density at radius 1 is 1.32 bits per heavy atom. The zero-order chi connectivity index (χ0) is 16.3. The van der Waals surface area contributed by atoms with E-state index in [0.29, 0.717) is 6.54 Å². The lowest BCUT2D eigenvalue weighted by Gasteiger charge is -2.19. The summed E-state index contributed by atoms with van der Waals surface area (Å²) in [6.45, 7) is 7.00. The molecule has 1 heterocycles. The number of carbonyl (C=O) groups is 1. The molecule has 22 heavy (non-hydrogen) atoms. The fraction of sp³-hybridized carbons (Fsp3) is 0.412. The first-order chi connectivity index (χ1) is 10.3. The normalized spacial score (nSPS) is 13.1. The molecule has 2 rings (SSSR count). The molecule has 0 aliphatic carbocycles. The molecule has 0 fully saturated rings. The van der Waals surface area contributed by atoms with Gasteiger partial charge in [-0.25, -0.2) is 4.98 Å². The van der Waals surface area contributed by atoms with Gasteiger partial charge in [0, 0.05) is 24.6 Å². The largest absolute Gasteiger partial charge is 0.480 e. The molecule has 0 aliphatic rings. The number of hydrogen-bond acceptors (Lipinski definition) is 3. The van der Waals surface area contributed by atoms with Crippen molar-refractivity contribution in [2.75, 3.05) is 0 Å². The average Bonchev–Trinajstić information content (AvgIpc) is 2.82. The van der Waals surface area contributed by atoms with Crippen LogP contribution >= 0.6 is 0 Å². The molecule has 0 radical (unpaired) electrons. The second kappa shape index (κ2) is 6.32. The Bertz CT molecular complexity index is 642. The Morgan fingerprint density at radius 3 is 2.50 bits per heavy atom. The zero-order valence-electron chi connectivity index (χ0n) is 13.3. The van der Waals surface area contributed by atoms with Gasteiger partial charge >= 0.3 is 5.97 Å². The molecule has 2 aromatic rings. The Morgan fingerprint density at radius 2 is 1.95 bits per heavy atom. The summed E-state index contributed by atoms with van der Waals surface area (Å²) in [6, 6.07) is 9.20. The van der Waals surface area contributed by atoms with Crippen molar-refractivity contribution in [3.8, 4) is 0 Å². The lowest BCUT2D eigenvalue weighted by molar-refractivity contribution is -0.138.